The van der Waals surface area contributed by atoms with E-state index in [1.807, 2.05) is 6.07 Å². The summed E-state index contributed by atoms with van der Waals surface area (Å²) in [5.41, 5.74) is 6.32. The maximum absolute atomic E-state index is 13.7. The minimum atomic E-state index is -5.08. The Labute approximate surface area is 128 Å². The summed E-state index contributed by atoms with van der Waals surface area (Å²) in [6.45, 7) is 0. The number of alkyl halides is 3. The van der Waals surface area contributed by atoms with Gasteiger partial charge in [-0.25, -0.2) is 9.18 Å². The molecule has 122 valence electrons. The molecule has 0 radical (unpaired) electrons. The zero-order valence-electron chi connectivity index (χ0n) is 11.5. The molecule has 0 saturated heterocycles. The highest BCUT2D eigenvalue weighted by Gasteiger charge is 2.38. The Kier molecular flexibility index (Phi) is 5.83. The second-order valence-electron chi connectivity index (χ2n) is 4.20. The lowest BCUT2D eigenvalue weighted by Gasteiger charge is -2.07. The number of nitrogens with two attached hydrogens (primary N) is 1. The summed E-state index contributed by atoms with van der Waals surface area (Å²) >= 11 is 0. The van der Waals surface area contributed by atoms with E-state index in [1.54, 1.807) is 24.3 Å². The SMILES string of the molecule is NC(=O)c1cccc(F)c1-c1ccccc1.O=C(O)C(F)(F)F. The van der Waals surface area contributed by atoms with Crippen molar-refractivity contribution in [3.05, 3.63) is 59.9 Å². The number of benzene rings is 2. The predicted molar refractivity (Wildman–Crippen MR) is 74.0 cm³/mol. The number of carboxylic acid groups (broad SMARTS) is 1. The molecule has 23 heavy (non-hydrogen) atoms. The van der Waals surface area contributed by atoms with Crippen LogP contribution in [0.4, 0.5) is 17.6 Å². The topological polar surface area (TPSA) is 80.4 Å². The number of hydrogen-bond donors (Lipinski definition) is 2. The number of amides is 1. The van der Waals surface area contributed by atoms with Gasteiger partial charge in [0.15, 0.2) is 0 Å². The van der Waals surface area contributed by atoms with Gasteiger partial charge in [0.2, 0.25) is 5.91 Å². The average molecular weight is 329 g/mol. The molecule has 2 rings (SSSR count). The van der Waals surface area contributed by atoms with Gasteiger partial charge in [0.25, 0.3) is 0 Å². The standard InChI is InChI=1S/C13H10FNO.C2HF3O2/c14-11-8-4-7-10(13(15)16)12(11)9-5-2-1-3-6-9;3-2(4,5)1(6)7/h1-8H,(H2,15,16);(H,6,7). The largest absolute Gasteiger partial charge is 0.490 e. The van der Waals surface area contributed by atoms with Crippen molar-refractivity contribution < 1.29 is 32.3 Å². The van der Waals surface area contributed by atoms with Crippen molar-refractivity contribution >= 4 is 11.9 Å². The molecule has 2 aromatic carbocycles. The van der Waals surface area contributed by atoms with Gasteiger partial charge in [-0.2, -0.15) is 13.2 Å². The number of aliphatic carboxylic acids is 1. The Balaban J connectivity index is 0.000000322. The summed E-state index contributed by atoms with van der Waals surface area (Å²) in [6, 6.07) is 13.2. The summed E-state index contributed by atoms with van der Waals surface area (Å²) in [5.74, 6) is -3.83. The smallest absolute Gasteiger partial charge is 0.475 e. The van der Waals surface area contributed by atoms with Gasteiger partial charge in [-0.05, 0) is 17.7 Å². The lowest BCUT2D eigenvalue weighted by molar-refractivity contribution is -0.192. The number of rotatable bonds is 2. The first-order valence-corrected chi connectivity index (χ1v) is 6.08. The summed E-state index contributed by atoms with van der Waals surface area (Å²) in [4.78, 5) is 20.1. The minimum Gasteiger partial charge on any atom is -0.475 e. The molecule has 0 aliphatic rings. The Morgan fingerprint density at radius 2 is 1.48 bits per heavy atom. The van der Waals surface area contributed by atoms with E-state index >= 15 is 0 Å². The zero-order valence-corrected chi connectivity index (χ0v) is 11.5. The molecule has 0 unspecified atom stereocenters. The van der Waals surface area contributed by atoms with Crippen LogP contribution in [0.15, 0.2) is 48.5 Å². The molecule has 0 aliphatic carbocycles. The molecular formula is C15H11F4NO3. The van der Waals surface area contributed by atoms with Gasteiger partial charge < -0.3 is 10.8 Å². The Morgan fingerprint density at radius 1 is 0.957 bits per heavy atom. The quantitative estimate of drug-likeness (QED) is 0.830. The third-order valence-corrected chi connectivity index (χ3v) is 2.58. The van der Waals surface area contributed by atoms with Crippen molar-refractivity contribution in [2.75, 3.05) is 0 Å². The monoisotopic (exact) mass is 329 g/mol. The first kappa shape index (κ1) is 18.1. The van der Waals surface area contributed by atoms with Crippen LogP contribution in [0.3, 0.4) is 0 Å². The van der Waals surface area contributed by atoms with Crippen LogP contribution in [0.5, 0.6) is 0 Å². The molecule has 0 spiro atoms. The van der Waals surface area contributed by atoms with Gasteiger partial charge in [0.05, 0.1) is 0 Å². The van der Waals surface area contributed by atoms with Gasteiger partial charge in [-0.1, -0.05) is 36.4 Å². The lowest BCUT2D eigenvalue weighted by Crippen LogP contribution is -2.21. The number of carbonyl (C=O) groups is 2. The van der Waals surface area contributed by atoms with Crippen molar-refractivity contribution in [1.82, 2.24) is 0 Å². The number of primary amides is 1. The first-order chi connectivity index (χ1) is 10.6. The number of hydrogen-bond acceptors (Lipinski definition) is 2. The molecular weight excluding hydrogens is 318 g/mol. The van der Waals surface area contributed by atoms with Gasteiger partial charge >= 0.3 is 12.1 Å². The molecule has 0 heterocycles. The normalized spacial score (nSPS) is 10.4. The van der Waals surface area contributed by atoms with Crippen LogP contribution in [0.25, 0.3) is 11.1 Å². The maximum atomic E-state index is 13.7. The fraction of sp³-hybridized carbons (Fsp3) is 0.0667. The average Bonchev–Trinajstić information content (AvgIpc) is 2.47. The Morgan fingerprint density at radius 3 is 1.91 bits per heavy atom. The first-order valence-electron chi connectivity index (χ1n) is 6.08. The van der Waals surface area contributed by atoms with E-state index in [2.05, 4.69) is 0 Å². The van der Waals surface area contributed by atoms with Crippen LogP contribution >= 0.6 is 0 Å². The van der Waals surface area contributed by atoms with Gasteiger partial charge in [0, 0.05) is 11.1 Å². The molecule has 1 amide bonds. The molecule has 0 aromatic heterocycles. The summed E-state index contributed by atoms with van der Waals surface area (Å²) in [5, 5.41) is 7.12. The number of carbonyl (C=O) groups excluding carboxylic acids is 1. The maximum Gasteiger partial charge on any atom is 0.490 e. The highest BCUT2D eigenvalue weighted by molar-refractivity contribution is 5.99. The van der Waals surface area contributed by atoms with Crippen LogP contribution in [0, 0.1) is 5.82 Å². The molecule has 0 atom stereocenters. The van der Waals surface area contributed by atoms with Crippen molar-refractivity contribution in [3.63, 3.8) is 0 Å². The minimum absolute atomic E-state index is 0.200. The summed E-state index contributed by atoms with van der Waals surface area (Å²) in [6.07, 6.45) is -5.08. The van der Waals surface area contributed by atoms with Gasteiger partial charge in [0.1, 0.15) is 5.82 Å². The van der Waals surface area contributed by atoms with E-state index < -0.39 is 23.9 Å². The van der Waals surface area contributed by atoms with E-state index in [-0.39, 0.29) is 11.1 Å². The van der Waals surface area contributed by atoms with Gasteiger partial charge in [-0.3, -0.25) is 4.79 Å². The van der Waals surface area contributed by atoms with Gasteiger partial charge in [-0.15, -0.1) is 0 Å². The summed E-state index contributed by atoms with van der Waals surface area (Å²) < 4.78 is 45.4. The van der Waals surface area contributed by atoms with E-state index in [4.69, 9.17) is 15.6 Å². The Bertz CT molecular complexity index is 700. The van der Waals surface area contributed by atoms with Crippen LogP contribution in [-0.2, 0) is 4.79 Å². The number of carboxylic acids is 1. The Hall–Kier alpha value is -2.90. The van der Waals surface area contributed by atoms with Crippen molar-refractivity contribution in [1.29, 1.82) is 0 Å². The van der Waals surface area contributed by atoms with Crippen LogP contribution < -0.4 is 5.73 Å². The van der Waals surface area contributed by atoms with Crippen molar-refractivity contribution in [2.45, 2.75) is 6.18 Å². The molecule has 4 nitrogen and oxygen atoms in total. The van der Waals surface area contributed by atoms with Crippen molar-refractivity contribution in [3.8, 4) is 11.1 Å². The van der Waals surface area contributed by atoms with E-state index in [1.165, 1.54) is 18.2 Å². The van der Waals surface area contributed by atoms with E-state index in [0.29, 0.717) is 5.56 Å². The molecule has 0 fully saturated rings. The molecule has 2 aromatic rings. The predicted octanol–water partition coefficient (Wildman–Crippen LogP) is 3.22. The number of halogens is 4. The summed E-state index contributed by atoms with van der Waals surface area (Å²) in [7, 11) is 0. The fourth-order valence-corrected chi connectivity index (χ4v) is 1.63. The molecule has 3 N–H and O–H groups in total. The second kappa shape index (κ2) is 7.39. The van der Waals surface area contributed by atoms with Crippen molar-refractivity contribution in [2.24, 2.45) is 5.73 Å². The van der Waals surface area contributed by atoms with Crippen LogP contribution in [0.1, 0.15) is 10.4 Å². The molecule has 0 aliphatic heterocycles. The van der Waals surface area contributed by atoms with E-state index in [9.17, 15) is 22.4 Å². The van der Waals surface area contributed by atoms with Crippen LogP contribution in [-0.4, -0.2) is 23.2 Å². The lowest BCUT2D eigenvalue weighted by atomic mass is 9.99. The fourth-order valence-electron chi connectivity index (χ4n) is 1.63. The highest BCUT2D eigenvalue weighted by atomic mass is 19.4. The third-order valence-electron chi connectivity index (χ3n) is 2.58. The second-order valence-corrected chi connectivity index (χ2v) is 4.20. The molecule has 8 heteroatoms. The highest BCUT2D eigenvalue weighted by Crippen LogP contribution is 2.26. The molecule has 0 saturated carbocycles. The van der Waals surface area contributed by atoms with E-state index in [0.717, 1.165) is 0 Å². The third kappa shape index (κ3) is 5.10. The van der Waals surface area contributed by atoms with Crippen LogP contribution in [0.2, 0.25) is 0 Å². The zero-order chi connectivity index (χ0) is 17.6. The molecule has 0 bridgehead atoms.